The van der Waals surface area contributed by atoms with E-state index in [0.717, 1.165) is 21.9 Å². The topological polar surface area (TPSA) is 57.8 Å². The minimum Gasteiger partial charge on any atom is -0.333 e. The van der Waals surface area contributed by atoms with Gasteiger partial charge in [0.05, 0.1) is 16.8 Å². The highest BCUT2D eigenvalue weighted by atomic mass is 32.2. The van der Waals surface area contributed by atoms with Crippen LogP contribution in [0.3, 0.4) is 0 Å². The van der Waals surface area contributed by atoms with Crippen LogP contribution in [0, 0.1) is 6.92 Å². The molecule has 0 aliphatic heterocycles. The van der Waals surface area contributed by atoms with Crippen LogP contribution in [0.2, 0.25) is 0 Å². The van der Waals surface area contributed by atoms with Crippen molar-refractivity contribution in [3.63, 3.8) is 0 Å². The molecule has 0 bridgehead atoms. The van der Waals surface area contributed by atoms with Gasteiger partial charge in [-0.05, 0) is 47.7 Å². The standard InChI is InChI=1S/C20H23N3OS/c1-13-5-10-16-17(11-13)23-19(22-16)25-12-18(24)21-15-8-6-14(7-9-15)20(2,3)4/h5-11H,12H2,1-4H3,(H,21,24)(H,22,23). The summed E-state index contributed by atoms with van der Waals surface area (Å²) in [5.41, 5.74) is 5.28. The SMILES string of the molecule is Cc1ccc2nc(SCC(=O)Nc3ccc(C(C)(C)C)cc3)[nH]c2c1. The first kappa shape index (κ1) is 17.5. The zero-order valence-corrected chi connectivity index (χ0v) is 15.8. The third-order valence-electron chi connectivity index (χ3n) is 3.99. The summed E-state index contributed by atoms with van der Waals surface area (Å²) in [5, 5.41) is 3.70. The predicted octanol–water partition coefficient (Wildman–Crippen LogP) is 4.90. The average Bonchev–Trinajstić information content (AvgIpc) is 2.94. The molecule has 0 atom stereocenters. The van der Waals surface area contributed by atoms with Crippen molar-refractivity contribution in [2.75, 3.05) is 11.1 Å². The summed E-state index contributed by atoms with van der Waals surface area (Å²) in [7, 11) is 0. The third-order valence-corrected chi connectivity index (χ3v) is 4.86. The van der Waals surface area contributed by atoms with Gasteiger partial charge < -0.3 is 10.3 Å². The number of rotatable bonds is 4. The number of amides is 1. The van der Waals surface area contributed by atoms with Crippen LogP contribution in [0.5, 0.6) is 0 Å². The molecule has 1 amide bonds. The van der Waals surface area contributed by atoms with Crippen molar-refractivity contribution in [1.29, 1.82) is 0 Å². The Labute approximate surface area is 152 Å². The van der Waals surface area contributed by atoms with Crippen LogP contribution in [-0.2, 0) is 10.2 Å². The van der Waals surface area contributed by atoms with E-state index in [9.17, 15) is 4.79 Å². The maximum Gasteiger partial charge on any atom is 0.234 e. The van der Waals surface area contributed by atoms with Gasteiger partial charge >= 0.3 is 0 Å². The van der Waals surface area contributed by atoms with Gasteiger partial charge in [-0.2, -0.15) is 0 Å². The van der Waals surface area contributed by atoms with Crippen LogP contribution in [0.15, 0.2) is 47.6 Å². The van der Waals surface area contributed by atoms with Crippen LogP contribution in [0.4, 0.5) is 5.69 Å². The highest BCUT2D eigenvalue weighted by Crippen LogP contribution is 2.24. The Kier molecular flexibility index (Phi) is 4.86. The van der Waals surface area contributed by atoms with Crippen molar-refractivity contribution >= 4 is 34.4 Å². The lowest BCUT2D eigenvalue weighted by atomic mass is 9.87. The Morgan fingerprint density at radius 3 is 2.56 bits per heavy atom. The molecule has 0 unspecified atom stereocenters. The lowest BCUT2D eigenvalue weighted by Crippen LogP contribution is -2.15. The average molecular weight is 353 g/mol. The number of imidazole rings is 1. The van der Waals surface area contributed by atoms with Crippen molar-refractivity contribution in [2.45, 2.75) is 38.3 Å². The number of aromatic amines is 1. The number of hydrogen-bond acceptors (Lipinski definition) is 3. The molecule has 0 spiro atoms. The van der Waals surface area contributed by atoms with Gasteiger partial charge in [0.1, 0.15) is 0 Å². The Morgan fingerprint density at radius 1 is 1.16 bits per heavy atom. The van der Waals surface area contributed by atoms with E-state index in [1.165, 1.54) is 22.9 Å². The second kappa shape index (κ2) is 6.92. The highest BCUT2D eigenvalue weighted by molar-refractivity contribution is 7.99. The first-order valence-electron chi connectivity index (χ1n) is 8.31. The van der Waals surface area contributed by atoms with Gasteiger partial charge in [0, 0.05) is 5.69 Å². The zero-order chi connectivity index (χ0) is 18.0. The molecule has 0 saturated heterocycles. The van der Waals surface area contributed by atoms with Gasteiger partial charge in [-0.3, -0.25) is 4.79 Å². The van der Waals surface area contributed by atoms with Crippen LogP contribution >= 0.6 is 11.8 Å². The minimum atomic E-state index is -0.0369. The number of thioether (sulfide) groups is 1. The third kappa shape index (κ3) is 4.42. The number of carbonyl (C=O) groups is 1. The Hall–Kier alpha value is -2.27. The predicted molar refractivity (Wildman–Crippen MR) is 105 cm³/mol. The summed E-state index contributed by atoms with van der Waals surface area (Å²) >= 11 is 1.41. The number of nitrogens with one attached hydrogen (secondary N) is 2. The van der Waals surface area contributed by atoms with E-state index in [-0.39, 0.29) is 11.3 Å². The number of benzene rings is 2. The number of aryl methyl sites for hydroxylation is 1. The van der Waals surface area contributed by atoms with Crippen LogP contribution in [0.25, 0.3) is 11.0 Å². The summed E-state index contributed by atoms with van der Waals surface area (Å²) < 4.78 is 0. The van der Waals surface area contributed by atoms with Crippen molar-refractivity contribution in [3.05, 3.63) is 53.6 Å². The number of hydrogen-bond donors (Lipinski definition) is 2. The molecule has 1 aromatic heterocycles. The van der Waals surface area contributed by atoms with Gasteiger partial charge in [0.25, 0.3) is 0 Å². The second-order valence-corrected chi connectivity index (χ2v) is 8.19. The lowest BCUT2D eigenvalue weighted by Gasteiger charge is -2.19. The molecule has 5 heteroatoms. The molecule has 0 aliphatic rings. The van der Waals surface area contributed by atoms with Gasteiger partial charge in [0.2, 0.25) is 5.91 Å². The smallest absolute Gasteiger partial charge is 0.234 e. The van der Waals surface area contributed by atoms with Gasteiger partial charge in [0.15, 0.2) is 5.16 Å². The summed E-state index contributed by atoms with van der Waals surface area (Å²) in [5.74, 6) is 0.282. The maximum atomic E-state index is 12.2. The lowest BCUT2D eigenvalue weighted by molar-refractivity contribution is -0.113. The van der Waals surface area contributed by atoms with Gasteiger partial charge in [-0.25, -0.2) is 4.98 Å². The molecule has 3 aromatic rings. The fourth-order valence-corrected chi connectivity index (χ4v) is 3.24. The normalized spacial score (nSPS) is 11.7. The molecule has 130 valence electrons. The van der Waals surface area contributed by atoms with E-state index in [1.807, 2.05) is 31.2 Å². The van der Waals surface area contributed by atoms with Gasteiger partial charge in [-0.1, -0.05) is 50.7 Å². The first-order chi connectivity index (χ1) is 11.8. The van der Waals surface area contributed by atoms with Crippen LogP contribution < -0.4 is 5.32 Å². The number of aromatic nitrogens is 2. The first-order valence-corrected chi connectivity index (χ1v) is 9.29. The summed E-state index contributed by atoms with van der Waals surface area (Å²) in [4.78, 5) is 19.9. The number of fused-ring (bicyclic) bond motifs is 1. The van der Waals surface area contributed by atoms with Crippen molar-refractivity contribution in [2.24, 2.45) is 0 Å². The Balaban J connectivity index is 1.58. The number of H-pyrrole nitrogens is 1. The molecule has 4 nitrogen and oxygen atoms in total. The van der Waals surface area contributed by atoms with E-state index in [2.05, 4.69) is 54.3 Å². The fourth-order valence-electron chi connectivity index (χ4n) is 2.55. The molecule has 0 saturated carbocycles. The number of nitrogens with zero attached hydrogens (tertiary/aromatic N) is 1. The van der Waals surface area contributed by atoms with Crippen molar-refractivity contribution in [1.82, 2.24) is 9.97 Å². The van der Waals surface area contributed by atoms with E-state index in [1.54, 1.807) is 0 Å². The van der Waals surface area contributed by atoms with E-state index in [0.29, 0.717) is 5.75 Å². The number of anilines is 1. The summed E-state index contributed by atoms with van der Waals surface area (Å²) in [6.45, 7) is 8.57. The fraction of sp³-hybridized carbons (Fsp3) is 0.300. The van der Waals surface area contributed by atoms with E-state index in [4.69, 9.17) is 0 Å². The highest BCUT2D eigenvalue weighted by Gasteiger charge is 2.13. The Bertz CT molecular complexity index is 891. The molecule has 2 aromatic carbocycles. The summed E-state index contributed by atoms with van der Waals surface area (Å²) in [6.07, 6.45) is 0. The molecular formula is C20H23N3OS. The molecule has 3 rings (SSSR count). The molecule has 1 heterocycles. The molecule has 0 radical (unpaired) electrons. The number of carbonyl (C=O) groups excluding carboxylic acids is 1. The molecule has 25 heavy (non-hydrogen) atoms. The van der Waals surface area contributed by atoms with Crippen LogP contribution in [-0.4, -0.2) is 21.6 Å². The van der Waals surface area contributed by atoms with E-state index >= 15 is 0 Å². The van der Waals surface area contributed by atoms with Gasteiger partial charge in [-0.15, -0.1) is 0 Å². The molecule has 0 fully saturated rings. The molecule has 2 N–H and O–H groups in total. The van der Waals surface area contributed by atoms with Crippen molar-refractivity contribution < 1.29 is 4.79 Å². The minimum absolute atomic E-state index is 0.0369. The maximum absolute atomic E-state index is 12.2. The largest absolute Gasteiger partial charge is 0.333 e. The zero-order valence-electron chi connectivity index (χ0n) is 15.0. The van der Waals surface area contributed by atoms with Crippen molar-refractivity contribution in [3.8, 4) is 0 Å². The molecular weight excluding hydrogens is 330 g/mol. The monoisotopic (exact) mass is 353 g/mol. The quantitative estimate of drug-likeness (QED) is 0.656. The summed E-state index contributed by atoms with van der Waals surface area (Å²) in [6, 6.07) is 14.1. The van der Waals surface area contributed by atoms with E-state index < -0.39 is 0 Å². The molecule has 0 aliphatic carbocycles. The second-order valence-electron chi connectivity index (χ2n) is 7.23. The Morgan fingerprint density at radius 2 is 1.88 bits per heavy atom. The van der Waals surface area contributed by atoms with Crippen LogP contribution in [0.1, 0.15) is 31.9 Å².